The van der Waals surface area contributed by atoms with E-state index < -0.39 is 0 Å². The maximum absolute atomic E-state index is 11.2. The maximum Gasteiger partial charge on any atom is 0.222 e. The molecule has 1 aliphatic heterocycles. The molecule has 0 aromatic heterocycles. The van der Waals surface area contributed by atoms with Crippen LogP contribution in [0.5, 0.6) is 0 Å². The van der Waals surface area contributed by atoms with Gasteiger partial charge in [-0.2, -0.15) is 0 Å². The second-order valence-electron chi connectivity index (χ2n) is 2.92. The molecule has 0 unspecified atom stereocenters. The Bertz CT molecular complexity index is 150. The summed E-state index contributed by atoms with van der Waals surface area (Å²) in [5, 5.41) is 0. The zero-order valence-corrected chi connectivity index (χ0v) is 6.88. The fraction of sp³-hybridized carbons (Fsp3) is 0.667. The lowest BCUT2D eigenvalue weighted by molar-refractivity contribution is -0.134. The SMILES string of the molecule is C=CCCCC(=O)N1CCC1. The lowest BCUT2D eigenvalue weighted by Crippen LogP contribution is -2.41. The van der Waals surface area contributed by atoms with Crippen molar-refractivity contribution in [2.45, 2.75) is 25.7 Å². The van der Waals surface area contributed by atoms with Crippen LogP contribution >= 0.6 is 0 Å². The first-order valence-electron chi connectivity index (χ1n) is 4.23. The third kappa shape index (κ3) is 2.37. The highest BCUT2D eigenvalue weighted by molar-refractivity contribution is 5.76. The molecular formula is C9H15NO. The Labute approximate surface area is 67.9 Å². The molecule has 0 aromatic carbocycles. The number of carbonyl (C=O) groups is 1. The molecular weight excluding hydrogens is 138 g/mol. The van der Waals surface area contributed by atoms with Crippen molar-refractivity contribution in [3.8, 4) is 0 Å². The van der Waals surface area contributed by atoms with Crippen LogP contribution in [0.2, 0.25) is 0 Å². The van der Waals surface area contributed by atoms with Crippen LogP contribution < -0.4 is 0 Å². The molecule has 0 saturated carbocycles. The summed E-state index contributed by atoms with van der Waals surface area (Å²) in [6, 6.07) is 0. The van der Waals surface area contributed by atoms with E-state index >= 15 is 0 Å². The van der Waals surface area contributed by atoms with Crippen LogP contribution in [-0.2, 0) is 4.79 Å². The van der Waals surface area contributed by atoms with Crippen LogP contribution in [0, 0.1) is 0 Å². The van der Waals surface area contributed by atoms with Gasteiger partial charge in [0.1, 0.15) is 0 Å². The first-order valence-corrected chi connectivity index (χ1v) is 4.23. The van der Waals surface area contributed by atoms with Gasteiger partial charge in [-0.05, 0) is 19.3 Å². The van der Waals surface area contributed by atoms with Gasteiger partial charge in [0.15, 0.2) is 0 Å². The van der Waals surface area contributed by atoms with Crippen molar-refractivity contribution in [1.82, 2.24) is 4.90 Å². The van der Waals surface area contributed by atoms with E-state index in [1.807, 2.05) is 11.0 Å². The number of nitrogens with zero attached hydrogens (tertiary/aromatic N) is 1. The van der Waals surface area contributed by atoms with E-state index in [0.717, 1.165) is 25.9 Å². The molecule has 0 radical (unpaired) electrons. The van der Waals surface area contributed by atoms with Gasteiger partial charge in [-0.15, -0.1) is 6.58 Å². The zero-order chi connectivity index (χ0) is 8.10. The van der Waals surface area contributed by atoms with E-state index in [1.165, 1.54) is 6.42 Å². The van der Waals surface area contributed by atoms with E-state index in [4.69, 9.17) is 0 Å². The normalized spacial score (nSPS) is 15.8. The average Bonchev–Trinajstić information content (AvgIpc) is 1.84. The molecule has 0 bridgehead atoms. The number of carbonyl (C=O) groups excluding carboxylic acids is 1. The Kier molecular flexibility index (Phi) is 3.14. The van der Waals surface area contributed by atoms with Crippen LogP contribution in [0.1, 0.15) is 25.7 Å². The van der Waals surface area contributed by atoms with Gasteiger partial charge >= 0.3 is 0 Å². The summed E-state index contributed by atoms with van der Waals surface area (Å²) in [6.07, 6.45) is 5.67. The summed E-state index contributed by atoms with van der Waals surface area (Å²) in [5.74, 6) is 0.318. The molecule has 1 aliphatic rings. The Morgan fingerprint density at radius 1 is 1.55 bits per heavy atom. The molecule has 0 aliphatic carbocycles. The number of hydrogen-bond acceptors (Lipinski definition) is 1. The number of likely N-dealkylation sites (tertiary alicyclic amines) is 1. The second kappa shape index (κ2) is 4.16. The summed E-state index contributed by atoms with van der Waals surface area (Å²) in [7, 11) is 0. The fourth-order valence-corrected chi connectivity index (χ4v) is 1.12. The molecule has 1 rings (SSSR count). The van der Waals surface area contributed by atoms with Crippen molar-refractivity contribution in [2.24, 2.45) is 0 Å². The smallest absolute Gasteiger partial charge is 0.222 e. The predicted molar refractivity (Wildman–Crippen MR) is 45.2 cm³/mol. The highest BCUT2D eigenvalue weighted by Crippen LogP contribution is 2.09. The summed E-state index contributed by atoms with van der Waals surface area (Å²) in [6.45, 7) is 5.57. The quantitative estimate of drug-likeness (QED) is 0.443. The third-order valence-electron chi connectivity index (χ3n) is 2.01. The van der Waals surface area contributed by atoms with Gasteiger partial charge in [-0.3, -0.25) is 4.79 Å². The highest BCUT2D eigenvalue weighted by atomic mass is 16.2. The third-order valence-corrected chi connectivity index (χ3v) is 2.01. The van der Waals surface area contributed by atoms with Crippen LogP contribution in [0.15, 0.2) is 12.7 Å². The first-order chi connectivity index (χ1) is 5.34. The van der Waals surface area contributed by atoms with Gasteiger partial charge in [-0.25, -0.2) is 0 Å². The van der Waals surface area contributed by atoms with Gasteiger partial charge in [0.2, 0.25) is 5.91 Å². The van der Waals surface area contributed by atoms with Crippen LogP contribution in [0.4, 0.5) is 0 Å². The number of amides is 1. The molecule has 1 saturated heterocycles. The molecule has 0 atom stereocenters. The lowest BCUT2D eigenvalue weighted by atomic mass is 10.1. The van der Waals surface area contributed by atoms with Gasteiger partial charge in [0.05, 0.1) is 0 Å². The summed E-state index contributed by atoms with van der Waals surface area (Å²) < 4.78 is 0. The second-order valence-corrected chi connectivity index (χ2v) is 2.92. The van der Waals surface area contributed by atoms with Crippen LogP contribution in [0.25, 0.3) is 0 Å². The monoisotopic (exact) mass is 153 g/mol. The number of rotatable bonds is 4. The maximum atomic E-state index is 11.2. The predicted octanol–water partition coefficient (Wildman–Crippen LogP) is 1.58. The van der Waals surface area contributed by atoms with Gasteiger partial charge in [0.25, 0.3) is 0 Å². The van der Waals surface area contributed by atoms with Gasteiger partial charge < -0.3 is 4.90 Å². The fourth-order valence-electron chi connectivity index (χ4n) is 1.12. The molecule has 0 aromatic rings. The van der Waals surface area contributed by atoms with Crippen molar-refractivity contribution in [2.75, 3.05) is 13.1 Å². The van der Waals surface area contributed by atoms with Gasteiger partial charge in [-0.1, -0.05) is 6.08 Å². The molecule has 2 heteroatoms. The van der Waals surface area contributed by atoms with Crippen molar-refractivity contribution in [3.05, 3.63) is 12.7 Å². The zero-order valence-electron chi connectivity index (χ0n) is 6.88. The minimum absolute atomic E-state index is 0.318. The number of hydrogen-bond donors (Lipinski definition) is 0. The van der Waals surface area contributed by atoms with E-state index in [1.54, 1.807) is 0 Å². The number of unbranched alkanes of at least 4 members (excludes halogenated alkanes) is 1. The van der Waals surface area contributed by atoms with E-state index in [9.17, 15) is 4.79 Å². The van der Waals surface area contributed by atoms with Crippen molar-refractivity contribution in [1.29, 1.82) is 0 Å². The molecule has 0 spiro atoms. The largest absolute Gasteiger partial charge is 0.343 e. The molecule has 11 heavy (non-hydrogen) atoms. The molecule has 62 valence electrons. The summed E-state index contributed by atoms with van der Waals surface area (Å²) in [5.41, 5.74) is 0. The Morgan fingerprint density at radius 2 is 2.27 bits per heavy atom. The van der Waals surface area contributed by atoms with E-state index in [0.29, 0.717) is 12.3 Å². The highest BCUT2D eigenvalue weighted by Gasteiger charge is 2.18. The topological polar surface area (TPSA) is 20.3 Å². The van der Waals surface area contributed by atoms with Crippen LogP contribution in [0.3, 0.4) is 0 Å². The molecule has 0 N–H and O–H groups in total. The summed E-state index contributed by atoms with van der Waals surface area (Å²) >= 11 is 0. The average molecular weight is 153 g/mol. The Morgan fingerprint density at radius 3 is 2.73 bits per heavy atom. The Hall–Kier alpha value is -0.790. The molecule has 1 fully saturated rings. The first kappa shape index (κ1) is 8.31. The lowest BCUT2D eigenvalue weighted by Gasteiger charge is -2.30. The van der Waals surface area contributed by atoms with Crippen molar-refractivity contribution < 1.29 is 4.79 Å². The molecule has 1 heterocycles. The van der Waals surface area contributed by atoms with Gasteiger partial charge in [0, 0.05) is 19.5 Å². The standard InChI is InChI=1S/C9H15NO/c1-2-3-4-6-9(11)10-7-5-8-10/h2H,1,3-8H2. The van der Waals surface area contributed by atoms with E-state index in [-0.39, 0.29) is 0 Å². The molecule has 2 nitrogen and oxygen atoms in total. The van der Waals surface area contributed by atoms with Crippen molar-refractivity contribution in [3.63, 3.8) is 0 Å². The number of allylic oxidation sites excluding steroid dienone is 1. The minimum atomic E-state index is 0.318. The summed E-state index contributed by atoms with van der Waals surface area (Å²) in [4.78, 5) is 13.1. The van der Waals surface area contributed by atoms with Crippen molar-refractivity contribution >= 4 is 5.91 Å². The van der Waals surface area contributed by atoms with Crippen LogP contribution in [-0.4, -0.2) is 23.9 Å². The van der Waals surface area contributed by atoms with E-state index in [2.05, 4.69) is 6.58 Å². The minimum Gasteiger partial charge on any atom is -0.343 e. The Balaban J connectivity index is 2.05. The molecule has 1 amide bonds.